The fraction of sp³-hybridized carbons (Fsp3) is 0.182. The molecule has 0 atom stereocenters. The van der Waals surface area contributed by atoms with Gasteiger partial charge in [0.05, 0.1) is 5.02 Å². The van der Waals surface area contributed by atoms with Crippen LogP contribution in [0.25, 0.3) is 5.69 Å². The molecule has 1 heterocycles. The molecule has 1 aliphatic carbocycles. The average Bonchev–Trinajstić information content (AvgIpc) is 2.69. The first-order valence-electron chi connectivity index (χ1n) is 8.94. The number of nitrogens with zero attached hydrogens (tertiary/aromatic N) is 1. The minimum absolute atomic E-state index is 0.202. The number of fused-ring (bicyclic) bond motifs is 1. The molecule has 1 aliphatic rings. The molecule has 0 unspecified atom stereocenters. The largest absolute Gasteiger partial charge is 0.507 e. The summed E-state index contributed by atoms with van der Waals surface area (Å²) in [5.41, 5.74) is 1.64. The highest BCUT2D eigenvalue weighted by molar-refractivity contribution is 6.35. The molecule has 0 aliphatic heterocycles. The lowest BCUT2D eigenvalue weighted by Crippen LogP contribution is -2.31. The van der Waals surface area contributed by atoms with Crippen LogP contribution >= 0.6 is 11.6 Å². The Kier molecular flexibility index (Phi) is 4.58. The van der Waals surface area contributed by atoms with E-state index in [1.807, 2.05) is 30.3 Å². The number of ketones is 1. The minimum atomic E-state index is -0.554. The maximum absolute atomic E-state index is 13.3. The van der Waals surface area contributed by atoms with Gasteiger partial charge in [-0.15, -0.1) is 0 Å². The Bertz CT molecular complexity index is 1090. The molecule has 3 aromatic rings. The third-order valence-electron chi connectivity index (χ3n) is 5.01. The fourth-order valence-electron chi connectivity index (χ4n) is 3.71. The van der Waals surface area contributed by atoms with Gasteiger partial charge in [-0.3, -0.25) is 14.2 Å². The first-order valence-corrected chi connectivity index (χ1v) is 9.31. The average molecular weight is 380 g/mol. The summed E-state index contributed by atoms with van der Waals surface area (Å²) in [6, 6.07) is 15.8. The summed E-state index contributed by atoms with van der Waals surface area (Å²) in [6.45, 7) is 0. The van der Waals surface area contributed by atoms with Crippen LogP contribution in [-0.4, -0.2) is 15.5 Å². The van der Waals surface area contributed by atoms with Crippen molar-refractivity contribution < 1.29 is 9.90 Å². The molecule has 1 N–H and O–H groups in total. The van der Waals surface area contributed by atoms with Crippen LogP contribution in [0.2, 0.25) is 5.02 Å². The lowest BCUT2D eigenvalue weighted by Gasteiger charge is -2.24. The number of pyridine rings is 1. The lowest BCUT2D eigenvalue weighted by atomic mass is 9.91. The molecule has 5 heteroatoms. The van der Waals surface area contributed by atoms with Crippen molar-refractivity contribution in [2.45, 2.75) is 25.7 Å². The third kappa shape index (κ3) is 2.96. The van der Waals surface area contributed by atoms with Crippen LogP contribution in [0.15, 0.2) is 59.4 Å². The van der Waals surface area contributed by atoms with E-state index < -0.39 is 11.3 Å². The molecule has 0 saturated carbocycles. The Morgan fingerprint density at radius 2 is 1.63 bits per heavy atom. The van der Waals surface area contributed by atoms with Gasteiger partial charge in [-0.1, -0.05) is 41.9 Å². The van der Waals surface area contributed by atoms with Crippen LogP contribution in [0, 0.1) is 0 Å². The normalized spacial score (nSPS) is 13.2. The smallest absolute Gasteiger partial charge is 0.270 e. The van der Waals surface area contributed by atoms with E-state index in [9.17, 15) is 14.7 Å². The molecule has 0 radical (unpaired) electrons. The Hall–Kier alpha value is -2.85. The Labute approximate surface area is 161 Å². The first-order chi connectivity index (χ1) is 13.1. The summed E-state index contributed by atoms with van der Waals surface area (Å²) in [5.74, 6) is -0.757. The van der Waals surface area contributed by atoms with Gasteiger partial charge in [-0.2, -0.15) is 0 Å². The molecule has 4 rings (SSSR count). The maximum atomic E-state index is 13.3. The highest BCUT2D eigenvalue weighted by Crippen LogP contribution is 2.33. The van der Waals surface area contributed by atoms with Crippen LogP contribution < -0.4 is 5.56 Å². The van der Waals surface area contributed by atoms with E-state index in [4.69, 9.17) is 11.6 Å². The van der Waals surface area contributed by atoms with Crippen molar-refractivity contribution in [3.05, 3.63) is 92.4 Å². The van der Waals surface area contributed by atoms with Gasteiger partial charge in [0.25, 0.3) is 5.56 Å². The predicted molar refractivity (Wildman–Crippen MR) is 105 cm³/mol. The summed E-state index contributed by atoms with van der Waals surface area (Å²) in [6.07, 6.45) is 3.18. The topological polar surface area (TPSA) is 59.3 Å². The van der Waals surface area contributed by atoms with E-state index >= 15 is 0 Å². The number of hydrogen-bond acceptors (Lipinski definition) is 3. The highest BCUT2D eigenvalue weighted by atomic mass is 35.5. The zero-order valence-corrected chi connectivity index (χ0v) is 15.4. The van der Waals surface area contributed by atoms with Crippen molar-refractivity contribution in [2.24, 2.45) is 0 Å². The standard InChI is InChI=1S/C22H18ClNO3/c23-17-12-6-4-10-15(17)20(25)19-21(26)16-11-5-7-13-18(16)24(22(19)27)14-8-2-1-3-9-14/h1-4,6,8-10,12,26H,5,7,11,13H2. The van der Waals surface area contributed by atoms with E-state index in [2.05, 4.69) is 0 Å². The molecule has 0 spiro atoms. The van der Waals surface area contributed by atoms with E-state index in [1.54, 1.807) is 28.8 Å². The maximum Gasteiger partial charge on any atom is 0.270 e. The Morgan fingerprint density at radius 1 is 0.963 bits per heavy atom. The Morgan fingerprint density at radius 3 is 2.37 bits per heavy atom. The van der Waals surface area contributed by atoms with Crippen LogP contribution in [0.1, 0.15) is 40.0 Å². The molecule has 4 nitrogen and oxygen atoms in total. The number of rotatable bonds is 3. The third-order valence-corrected chi connectivity index (χ3v) is 5.34. The van der Waals surface area contributed by atoms with Gasteiger partial charge in [-0.25, -0.2) is 0 Å². The second-order valence-corrected chi connectivity index (χ2v) is 7.05. The molecule has 0 saturated heterocycles. The van der Waals surface area contributed by atoms with Crippen molar-refractivity contribution in [1.29, 1.82) is 0 Å². The SMILES string of the molecule is O=C(c1ccccc1Cl)c1c(O)c2c(n(-c3ccccc3)c1=O)CCCC2. The van der Waals surface area contributed by atoms with E-state index in [-0.39, 0.29) is 21.9 Å². The Balaban J connectivity index is 2.02. The molecule has 0 amide bonds. The van der Waals surface area contributed by atoms with Crippen molar-refractivity contribution >= 4 is 17.4 Å². The van der Waals surface area contributed by atoms with Crippen LogP contribution in [0.3, 0.4) is 0 Å². The molecule has 0 bridgehead atoms. The predicted octanol–water partition coefficient (Wildman–Crippen LogP) is 4.31. The van der Waals surface area contributed by atoms with Gasteiger partial charge in [0, 0.05) is 22.5 Å². The zero-order chi connectivity index (χ0) is 19.0. The molecule has 2 aromatic carbocycles. The summed E-state index contributed by atoms with van der Waals surface area (Å²) in [4.78, 5) is 26.4. The number of benzene rings is 2. The number of aromatic hydroxyl groups is 1. The highest BCUT2D eigenvalue weighted by Gasteiger charge is 2.29. The molecular formula is C22H18ClNO3. The first kappa shape index (κ1) is 17.6. The number of halogens is 1. The minimum Gasteiger partial charge on any atom is -0.507 e. The van der Waals surface area contributed by atoms with Crippen molar-refractivity contribution in [1.82, 2.24) is 4.57 Å². The van der Waals surface area contributed by atoms with Crippen molar-refractivity contribution in [2.75, 3.05) is 0 Å². The van der Waals surface area contributed by atoms with Crippen LogP contribution in [-0.2, 0) is 12.8 Å². The van der Waals surface area contributed by atoms with Crippen molar-refractivity contribution in [3.63, 3.8) is 0 Å². The van der Waals surface area contributed by atoms with Gasteiger partial charge in [0.2, 0.25) is 5.78 Å². The monoisotopic (exact) mass is 379 g/mol. The summed E-state index contributed by atoms with van der Waals surface area (Å²) < 4.78 is 1.57. The van der Waals surface area contributed by atoms with Gasteiger partial charge >= 0.3 is 0 Å². The van der Waals surface area contributed by atoms with Gasteiger partial charge in [0.1, 0.15) is 11.3 Å². The number of carbonyl (C=O) groups is 1. The number of hydrogen-bond donors (Lipinski definition) is 1. The summed E-state index contributed by atoms with van der Waals surface area (Å²) >= 11 is 6.16. The zero-order valence-electron chi connectivity index (χ0n) is 14.6. The second kappa shape index (κ2) is 7.05. The fourth-order valence-corrected chi connectivity index (χ4v) is 3.93. The molecular weight excluding hydrogens is 362 g/mol. The van der Waals surface area contributed by atoms with Gasteiger partial charge < -0.3 is 5.11 Å². The second-order valence-electron chi connectivity index (χ2n) is 6.64. The summed E-state index contributed by atoms with van der Waals surface area (Å²) in [5, 5.41) is 11.1. The molecule has 1 aromatic heterocycles. The molecule has 27 heavy (non-hydrogen) atoms. The van der Waals surface area contributed by atoms with E-state index in [0.29, 0.717) is 24.1 Å². The van der Waals surface area contributed by atoms with Crippen LogP contribution in [0.5, 0.6) is 5.75 Å². The van der Waals surface area contributed by atoms with E-state index in [1.165, 1.54) is 0 Å². The lowest BCUT2D eigenvalue weighted by molar-refractivity contribution is 0.103. The number of carbonyl (C=O) groups excluding carboxylic acids is 1. The summed E-state index contributed by atoms with van der Waals surface area (Å²) in [7, 11) is 0. The van der Waals surface area contributed by atoms with E-state index in [0.717, 1.165) is 18.5 Å². The van der Waals surface area contributed by atoms with Gasteiger partial charge in [-0.05, 0) is 49.9 Å². The van der Waals surface area contributed by atoms with Gasteiger partial charge in [0.15, 0.2) is 0 Å². The number of aromatic nitrogens is 1. The molecule has 0 fully saturated rings. The quantitative estimate of drug-likeness (QED) is 0.690. The van der Waals surface area contributed by atoms with Crippen LogP contribution in [0.4, 0.5) is 0 Å². The number of para-hydroxylation sites is 1. The van der Waals surface area contributed by atoms with Crippen molar-refractivity contribution in [3.8, 4) is 11.4 Å². The molecule has 136 valence electrons.